The Kier molecular flexibility index (Phi) is 4.87. The van der Waals surface area contributed by atoms with Gasteiger partial charge in [0.1, 0.15) is 6.54 Å². The summed E-state index contributed by atoms with van der Waals surface area (Å²) in [5, 5.41) is 4.47. The molecular formula is C21H25N3O2. The van der Waals surface area contributed by atoms with Crippen molar-refractivity contribution in [1.29, 1.82) is 0 Å². The smallest absolute Gasteiger partial charge is 0.267 e. The number of amides is 1. The molecule has 2 aliphatic rings. The molecule has 1 aromatic heterocycles. The third-order valence-corrected chi connectivity index (χ3v) is 5.68. The number of carbonyl (C=O) groups excluding carboxylic acids is 1. The summed E-state index contributed by atoms with van der Waals surface area (Å²) in [7, 11) is 0. The number of rotatable bonds is 3. The molecule has 1 aromatic carbocycles. The molecule has 0 bridgehead atoms. The number of benzene rings is 1. The highest BCUT2D eigenvalue weighted by molar-refractivity contribution is 5.76. The quantitative estimate of drug-likeness (QED) is 0.854. The van der Waals surface area contributed by atoms with Gasteiger partial charge in [-0.2, -0.15) is 5.10 Å². The van der Waals surface area contributed by atoms with E-state index in [-0.39, 0.29) is 18.0 Å². The lowest BCUT2D eigenvalue weighted by molar-refractivity contribution is -0.133. The van der Waals surface area contributed by atoms with Gasteiger partial charge in [-0.05, 0) is 55.6 Å². The van der Waals surface area contributed by atoms with Gasteiger partial charge in [0.15, 0.2) is 0 Å². The Morgan fingerprint density at radius 3 is 2.58 bits per heavy atom. The van der Waals surface area contributed by atoms with E-state index in [1.165, 1.54) is 10.2 Å². The summed E-state index contributed by atoms with van der Waals surface area (Å²) in [5.74, 6) is 0.520. The summed E-state index contributed by atoms with van der Waals surface area (Å²) in [6, 6.07) is 12.2. The van der Waals surface area contributed by atoms with Gasteiger partial charge in [-0.15, -0.1) is 0 Å². The minimum absolute atomic E-state index is 0.00173. The first-order chi connectivity index (χ1) is 12.7. The number of hydrogen-bond acceptors (Lipinski definition) is 3. The second-order valence-electron chi connectivity index (χ2n) is 7.39. The Balaban J connectivity index is 1.39. The van der Waals surface area contributed by atoms with Gasteiger partial charge in [0.25, 0.3) is 5.56 Å². The lowest BCUT2D eigenvalue weighted by Gasteiger charge is -2.32. The molecule has 1 saturated heterocycles. The zero-order valence-electron chi connectivity index (χ0n) is 15.1. The molecule has 0 spiro atoms. The summed E-state index contributed by atoms with van der Waals surface area (Å²) in [6.07, 6.45) is 6.02. The highest BCUT2D eigenvalue weighted by Gasteiger charge is 2.24. The molecule has 1 aliphatic heterocycles. The first-order valence-electron chi connectivity index (χ1n) is 9.63. The fourth-order valence-electron chi connectivity index (χ4n) is 4.13. The molecule has 5 heteroatoms. The van der Waals surface area contributed by atoms with Gasteiger partial charge in [0, 0.05) is 19.2 Å². The summed E-state index contributed by atoms with van der Waals surface area (Å²) in [5.41, 5.74) is 3.26. The van der Waals surface area contributed by atoms with E-state index in [0.717, 1.165) is 62.9 Å². The van der Waals surface area contributed by atoms with Gasteiger partial charge < -0.3 is 4.90 Å². The maximum Gasteiger partial charge on any atom is 0.267 e. The van der Waals surface area contributed by atoms with E-state index in [4.69, 9.17) is 0 Å². The molecule has 0 radical (unpaired) electrons. The van der Waals surface area contributed by atoms with Crippen molar-refractivity contribution in [2.75, 3.05) is 13.1 Å². The van der Waals surface area contributed by atoms with Crippen molar-refractivity contribution in [3.63, 3.8) is 0 Å². The maximum absolute atomic E-state index is 12.7. The van der Waals surface area contributed by atoms with Crippen LogP contribution in [0.3, 0.4) is 0 Å². The van der Waals surface area contributed by atoms with Gasteiger partial charge in [-0.25, -0.2) is 4.68 Å². The topological polar surface area (TPSA) is 55.2 Å². The number of nitrogens with zero attached hydrogens (tertiary/aromatic N) is 3. The van der Waals surface area contributed by atoms with Crippen LogP contribution < -0.4 is 5.56 Å². The van der Waals surface area contributed by atoms with Crippen molar-refractivity contribution in [2.45, 2.75) is 51.0 Å². The summed E-state index contributed by atoms with van der Waals surface area (Å²) < 4.78 is 1.36. The van der Waals surface area contributed by atoms with Gasteiger partial charge in [-0.3, -0.25) is 9.59 Å². The van der Waals surface area contributed by atoms with Crippen molar-refractivity contribution in [2.24, 2.45) is 0 Å². The van der Waals surface area contributed by atoms with Crippen LogP contribution in [0.15, 0.2) is 41.2 Å². The van der Waals surface area contributed by atoms with Gasteiger partial charge in [0.2, 0.25) is 5.91 Å². The van der Waals surface area contributed by atoms with Crippen molar-refractivity contribution in [1.82, 2.24) is 14.7 Å². The lowest BCUT2D eigenvalue weighted by atomic mass is 9.89. The number of piperidine rings is 1. The van der Waals surface area contributed by atoms with E-state index in [1.807, 2.05) is 11.0 Å². The largest absolute Gasteiger partial charge is 0.341 e. The highest BCUT2D eigenvalue weighted by atomic mass is 16.2. The number of hydrogen-bond donors (Lipinski definition) is 0. The molecule has 26 heavy (non-hydrogen) atoms. The molecule has 0 saturated carbocycles. The summed E-state index contributed by atoms with van der Waals surface area (Å²) in [6.45, 7) is 1.55. The third-order valence-electron chi connectivity index (χ3n) is 5.68. The molecule has 0 N–H and O–H groups in total. The van der Waals surface area contributed by atoms with Crippen molar-refractivity contribution in [3.05, 3.63) is 63.6 Å². The Hall–Kier alpha value is -2.43. The monoisotopic (exact) mass is 351 g/mol. The molecule has 5 nitrogen and oxygen atoms in total. The van der Waals surface area contributed by atoms with Crippen molar-refractivity contribution < 1.29 is 4.79 Å². The van der Waals surface area contributed by atoms with E-state index in [9.17, 15) is 9.59 Å². The predicted octanol–water partition coefficient (Wildman–Crippen LogP) is 2.53. The molecule has 136 valence electrons. The third kappa shape index (κ3) is 3.57. The van der Waals surface area contributed by atoms with Crippen LogP contribution in [0.2, 0.25) is 0 Å². The van der Waals surface area contributed by atoms with Crippen LogP contribution >= 0.6 is 0 Å². The zero-order valence-corrected chi connectivity index (χ0v) is 15.1. The molecule has 0 atom stereocenters. The average Bonchev–Trinajstić information content (AvgIpc) is 2.69. The van der Waals surface area contributed by atoms with Gasteiger partial charge in [-0.1, -0.05) is 30.3 Å². The number of likely N-dealkylation sites (tertiary alicyclic amines) is 1. The molecule has 1 aliphatic carbocycles. The fourth-order valence-corrected chi connectivity index (χ4v) is 4.13. The molecular weight excluding hydrogens is 326 g/mol. The zero-order chi connectivity index (χ0) is 17.9. The molecule has 2 aromatic rings. The first kappa shape index (κ1) is 17.0. The van der Waals surface area contributed by atoms with Gasteiger partial charge in [0.05, 0.1) is 5.69 Å². The first-order valence-corrected chi connectivity index (χ1v) is 9.63. The van der Waals surface area contributed by atoms with E-state index in [2.05, 4.69) is 29.4 Å². The second kappa shape index (κ2) is 7.44. The van der Waals surface area contributed by atoms with Crippen LogP contribution in [0, 0.1) is 0 Å². The Morgan fingerprint density at radius 1 is 1.08 bits per heavy atom. The highest BCUT2D eigenvalue weighted by Crippen LogP contribution is 2.27. The van der Waals surface area contributed by atoms with Crippen LogP contribution in [0.4, 0.5) is 0 Å². The van der Waals surface area contributed by atoms with Crippen LogP contribution in [0.5, 0.6) is 0 Å². The van der Waals surface area contributed by atoms with E-state index in [1.54, 1.807) is 6.07 Å². The summed E-state index contributed by atoms with van der Waals surface area (Å²) >= 11 is 0. The minimum Gasteiger partial charge on any atom is -0.341 e. The Labute approximate surface area is 153 Å². The fraction of sp³-hybridized carbons (Fsp3) is 0.476. The molecule has 1 amide bonds. The Morgan fingerprint density at radius 2 is 1.81 bits per heavy atom. The molecule has 0 unspecified atom stereocenters. The standard InChI is InChI=1S/C21H25N3O2/c25-20-14-18-8-4-5-9-19(18)22-24(20)15-21(26)23-12-10-17(11-13-23)16-6-2-1-3-7-16/h1-3,6-7,14,17H,4-5,8-13,15H2. The van der Waals surface area contributed by atoms with Gasteiger partial charge >= 0.3 is 0 Å². The number of aromatic nitrogens is 2. The number of carbonyl (C=O) groups is 1. The lowest BCUT2D eigenvalue weighted by Crippen LogP contribution is -2.42. The van der Waals surface area contributed by atoms with Crippen molar-refractivity contribution in [3.8, 4) is 0 Å². The van der Waals surface area contributed by atoms with Crippen LogP contribution in [-0.2, 0) is 24.2 Å². The molecule has 2 heterocycles. The van der Waals surface area contributed by atoms with E-state index < -0.39 is 0 Å². The summed E-state index contributed by atoms with van der Waals surface area (Å²) in [4.78, 5) is 26.8. The van der Waals surface area contributed by atoms with Crippen molar-refractivity contribution >= 4 is 5.91 Å². The maximum atomic E-state index is 12.7. The van der Waals surface area contributed by atoms with E-state index >= 15 is 0 Å². The number of fused-ring (bicyclic) bond motifs is 1. The van der Waals surface area contributed by atoms with Crippen LogP contribution in [0.25, 0.3) is 0 Å². The molecule has 4 rings (SSSR count). The predicted molar refractivity (Wildman–Crippen MR) is 100 cm³/mol. The van der Waals surface area contributed by atoms with E-state index in [0.29, 0.717) is 5.92 Å². The average molecular weight is 351 g/mol. The Bertz CT molecular complexity index is 836. The normalized spacial score (nSPS) is 17.8. The molecule has 1 fully saturated rings. The second-order valence-corrected chi connectivity index (χ2v) is 7.39. The van der Waals surface area contributed by atoms with Crippen LogP contribution in [-0.4, -0.2) is 33.7 Å². The van der Waals surface area contributed by atoms with Crippen LogP contribution in [0.1, 0.15) is 48.4 Å². The SMILES string of the molecule is O=C(Cn1nc2c(cc1=O)CCCC2)N1CCC(c2ccccc2)CC1. The minimum atomic E-state index is -0.154. The number of aryl methyl sites for hydroxylation is 2.